The second-order valence-electron chi connectivity index (χ2n) is 5.47. The number of rotatable bonds is 3. The van der Waals surface area contributed by atoms with Crippen molar-refractivity contribution < 1.29 is 22.4 Å². The fourth-order valence-corrected chi connectivity index (χ4v) is 3.71. The predicted molar refractivity (Wildman–Crippen MR) is 99.6 cm³/mol. The number of thiocarbonyl (C=S) groups is 1. The zero-order valence-corrected chi connectivity index (χ0v) is 15.0. The lowest BCUT2D eigenvalue weighted by Gasteiger charge is -2.16. The number of nitrogens with zero attached hydrogens (tertiary/aromatic N) is 1. The Morgan fingerprint density at radius 1 is 1.27 bits per heavy atom. The molecule has 0 aliphatic carbocycles. The van der Waals surface area contributed by atoms with Crippen LogP contribution in [0.4, 0.5) is 18.9 Å². The summed E-state index contributed by atoms with van der Waals surface area (Å²) in [5.74, 6) is 0.179. The zero-order chi connectivity index (χ0) is 18.9. The molecule has 0 unspecified atom stereocenters. The molecule has 8 heteroatoms. The molecule has 0 spiro atoms. The average Bonchev–Trinajstić information content (AvgIpc) is 3.15. The summed E-state index contributed by atoms with van der Waals surface area (Å²) in [5, 5.41) is 0. The van der Waals surface area contributed by atoms with Crippen molar-refractivity contribution in [1.29, 1.82) is 0 Å². The van der Waals surface area contributed by atoms with Gasteiger partial charge < -0.3 is 4.42 Å². The van der Waals surface area contributed by atoms with Gasteiger partial charge in [0, 0.05) is 0 Å². The maximum Gasteiger partial charge on any atom is 0.416 e. The largest absolute Gasteiger partial charge is 0.465 e. The first-order valence-electron chi connectivity index (χ1n) is 7.43. The number of hydrogen-bond acceptors (Lipinski definition) is 4. The van der Waals surface area contributed by atoms with Gasteiger partial charge in [0.05, 0.1) is 22.4 Å². The van der Waals surface area contributed by atoms with E-state index in [-0.39, 0.29) is 10.0 Å². The number of allylic oxidation sites excluding steroid dienone is 2. The number of anilines is 1. The number of halogens is 3. The van der Waals surface area contributed by atoms with Crippen molar-refractivity contribution in [3.63, 3.8) is 0 Å². The van der Waals surface area contributed by atoms with Gasteiger partial charge in [0.15, 0.2) is 4.32 Å². The van der Waals surface area contributed by atoms with Crippen molar-refractivity contribution in [2.24, 2.45) is 0 Å². The molecule has 0 saturated carbocycles. The zero-order valence-electron chi connectivity index (χ0n) is 13.4. The molecule has 2 heterocycles. The van der Waals surface area contributed by atoms with Gasteiger partial charge >= 0.3 is 6.18 Å². The molecular weight excluding hydrogens is 383 g/mol. The molecule has 0 radical (unpaired) electrons. The molecule has 134 valence electrons. The Kier molecular flexibility index (Phi) is 5.06. The third-order valence-corrected chi connectivity index (χ3v) is 4.80. The second-order valence-corrected chi connectivity index (χ2v) is 7.14. The molecule has 0 bridgehead atoms. The summed E-state index contributed by atoms with van der Waals surface area (Å²) in [6.45, 7) is 1.79. The first kappa shape index (κ1) is 18.5. The van der Waals surface area contributed by atoms with E-state index in [0.29, 0.717) is 10.7 Å². The summed E-state index contributed by atoms with van der Waals surface area (Å²) >= 11 is 6.24. The van der Waals surface area contributed by atoms with Crippen molar-refractivity contribution in [3.05, 3.63) is 70.5 Å². The summed E-state index contributed by atoms with van der Waals surface area (Å²) in [5.41, 5.74) is 0.0183. The monoisotopic (exact) mass is 395 g/mol. The molecule has 0 N–H and O–H groups in total. The quantitative estimate of drug-likeness (QED) is 0.497. The smallest absolute Gasteiger partial charge is 0.416 e. The van der Waals surface area contributed by atoms with Gasteiger partial charge in [-0.15, -0.1) is 0 Å². The van der Waals surface area contributed by atoms with Crippen LogP contribution in [-0.4, -0.2) is 10.2 Å². The summed E-state index contributed by atoms with van der Waals surface area (Å²) in [4.78, 5) is 14.1. The molecule has 2 aromatic rings. The van der Waals surface area contributed by atoms with E-state index >= 15 is 0 Å². The van der Waals surface area contributed by atoms with Crippen LogP contribution in [0.5, 0.6) is 0 Å². The molecule has 1 amide bonds. The number of alkyl halides is 3. The Bertz CT molecular complexity index is 915. The number of hydrogen-bond donors (Lipinski definition) is 0. The van der Waals surface area contributed by atoms with Crippen LogP contribution in [0.3, 0.4) is 0 Å². The maximum atomic E-state index is 12.9. The van der Waals surface area contributed by atoms with Crippen LogP contribution in [0, 0.1) is 0 Å². The van der Waals surface area contributed by atoms with Gasteiger partial charge in [0.25, 0.3) is 5.91 Å². The van der Waals surface area contributed by atoms with Crippen molar-refractivity contribution >= 4 is 46.0 Å². The van der Waals surface area contributed by atoms with E-state index in [4.69, 9.17) is 16.6 Å². The number of furan rings is 1. The molecule has 1 saturated heterocycles. The summed E-state index contributed by atoms with van der Waals surface area (Å²) in [7, 11) is 0. The Labute approximate surface area is 157 Å². The fourth-order valence-electron chi connectivity index (χ4n) is 2.36. The molecule has 1 fully saturated rings. The van der Waals surface area contributed by atoms with Gasteiger partial charge in [0.2, 0.25) is 0 Å². The minimum absolute atomic E-state index is 0.0957. The molecule has 1 aromatic carbocycles. The Hall–Kier alpha value is -2.32. The summed E-state index contributed by atoms with van der Waals surface area (Å²) < 4.78 is 44.1. The first-order valence-corrected chi connectivity index (χ1v) is 8.65. The van der Waals surface area contributed by atoms with Crippen LogP contribution < -0.4 is 4.90 Å². The van der Waals surface area contributed by atoms with Crippen molar-refractivity contribution in [2.75, 3.05) is 4.90 Å². The van der Waals surface area contributed by atoms with Gasteiger partial charge in [-0.2, -0.15) is 13.2 Å². The Morgan fingerprint density at radius 2 is 2.04 bits per heavy atom. The van der Waals surface area contributed by atoms with E-state index in [0.717, 1.165) is 34.4 Å². The van der Waals surface area contributed by atoms with E-state index in [1.54, 1.807) is 31.2 Å². The highest BCUT2D eigenvalue weighted by Gasteiger charge is 2.36. The van der Waals surface area contributed by atoms with Crippen LogP contribution in [0.2, 0.25) is 0 Å². The lowest BCUT2D eigenvalue weighted by atomic mass is 10.1. The topological polar surface area (TPSA) is 33.5 Å². The van der Waals surface area contributed by atoms with Crippen molar-refractivity contribution in [2.45, 2.75) is 13.1 Å². The van der Waals surface area contributed by atoms with E-state index in [2.05, 4.69) is 0 Å². The third kappa shape index (κ3) is 3.91. The highest BCUT2D eigenvalue weighted by atomic mass is 32.2. The highest BCUT2D eigenvalue weighted by Crippen LogP contribution is 2.38. The number of carbonyl (C=O) groups excluding carboxylic acids is 1. The van der Waals surface area contributed by atoms with Crippen molar-refractivity contribution in [1.82, 2.24) is 0 Å². The second kappa shape index (κ2) is 7.13. The van der Waals surface area contributed by atoms with Gasteiger partial charge in [-0.1, -0.05) is 30.0 Å². The van der Waals surface area contributed by atoms with Crippen LogP contribution in [-0.2, 0) is 11.0 Å². The summed E-state index contributed by atoms with van der Waals surface area (Å²) in [6, 6.07) is 8.06. The first-order chi connectivity index (χ1) is 12.3. The number of carbonyl (C=O) groups is 1. The molecule has 3 nitrogen and oxygen atoms in total. The predicted octanol–water partition coefficient (Wildman–Crippen LogP) is 5.65. The van der Waals surface area contributed by atoms with E-state index in [1.165, 1.54) is 18.4 Å². The van der Waals surface area contributed by atoms with Crippen molar-refractivity contribution in [3.8, 4) is 0 Å². The highest BCUT2D eigenvalue weighted by molar-refractivity contribution is 8.27. The maximum absolute atomic E-state index is 12.9. The standard InChI is InChI=1S/C18H12F3NO2S2/c1-11(8-14-6-3-7-24-14)9-15-16(23)22(17(25)26-15)13-5-2-4-12(10-13)18(19,20)21/h2-10H,1H3/b11-8-,15-9+. The molecule has 1 aliphatic rings. The number of thioether (sulfide) groups is 1. The molecule has 1 aliphatic heterocycles. The Balaban J connectivity index is 1.89. The van der Waals surface area contributed by atoms with Gasteiger partial charge in [0.1, 0.15) is 5.76 Å². The Morgan fingerprint density at radius 3 is 2.69 bits per heavy atom. The average molecular weight is 395 g/mol. The lowest BCUT2D eigenvalue weighted by Crippen LogP contribution is -2.27. The lowest BCUT2D eigenvalue weighted by molar-refractivity contribution is -0.137. The van der Waals surface area contributed by atoms with Gasteiger partial charge in [-0.25, -0.2) is 0 Å². The van der Waals surface area contributed by atoms with Gasteiger partial charge in [-0.05, 0) is 55.0 Å². The third-order valence-electron chi connectivity index (χ3n) is 3.50. The van der Waals surface area contributed by atoms with Crippen LogP contribution in [0.25, 0.3) is 6.08 Å². The molecule has 26 heavy (non-hydrogen) atoms. The molecule has 3 rings (SSSR count). The molecule has 1 aromatic heterocycles. The minimum atomic E-state index is -4.49. The minimum Gasteiger partial charge on any atom is -0.465 e. The van der Waals surface area contributed by atoms with E-state index in [9.17, 15) is 18.0 Å². The molecular formula is C18H12F3NO2S2. The van der Waals surface area contributed by atoms with Crippen LogP contribution >= 0.6 is 24.0 Å². The van der Waals surface area contributed by atoms with Crippen LogP contribution in [0.1, 0.15) is 18.2 Å². The fraction of sp³-hybridized carbons (Fsp3) is 0.111. The molecule has 0 atom stereocenters. The van der Waals surface area contributed by atoms with E-state index < -0.39 is 17.6 Å². The summed E-state index contributed by atoms with van der Waals surface area (Å²) in [6.07, 6.45) is 0.424. The normalized spacial score (nSPS) is 17.5. The van der Waals surface area contributed by atoms with E-state index in [1.807, 2.05) is 0 Å². The number of benzene rings is 1. The van der Waals surface area contributed by atoms with Gasteiger partial charge in [-0.3, -0.25) is 9.69 Å². The van der Waals surface area contributed by atoms with Crippen LogP contribution in [0.15, 0.2) is 63.6 Å². The SMILES string of the molecule is CC(=C/c1ccco1)/C=C1/SC(=S)N(c2cccc(C(F)(F)F)c2)C1=O. The number of amides is 1.